The van der Waals surface area contributed by atoms with Crippen LogP contribution in [-0.2, 0) is 19.2 Å². The topological polar surface area (TPSA) is 98.6 Å². The van der Waals surface area contributed by atoms with Crippen LogP contribution in [0.25, 0.3) is 0 Å². The van der Waals surface area contributed by atoms with Gasteiger partial charge in [-0.05, 0) is 62.8 Å². The fraction of sp³-hybridized carbons (Fsp3) is 0.575. The average Bonchev–Trinajstić information content (AvgIpc) is 3.80. The first-order chi connectivity index (χ1) is 23.2. The van der Waals surface area contributed by atoms with Crippen LogP contribution in [0.4, 0.5) is 11.4 Å². The molecular weight excluding hydrogens is 600 g/mol. The van der Waals surface area contributed by atoms with E-state index in [1.807, 2.05) is 38.1 Å². The van der Waals surface area contributed by atoms with E-state index in [0.29, 0.717) is 35.4 Å². The third kappa shape index (κ3) is 8.07. The van der Waals surface area contributed by atoms with Crippen LogP contribution in [0.15, 0.2) is 46.7 Å². The van der Waals surface area contributed by atoms with Crippen LogP contribution in [0, 0.1) is 6.92 Å². The Morgan fingerprint density at radius 1 is 0.792 bits per heavy atom. The van der Waals surface area contributed by atoms with Crippen molar-refractivity contribution in [1.29, 1.82) is 0 Å². The molecule has 1 saturated carbocycles. The molecule has 0 aromatic heterocycles. The molecule has 8 heteroatoms. The molecule has 5 rings (SSSR count). The van der Waals surface area contributed by atoms with E-state index in [1.54, 1.807) is 0 Å². The Balaban J connectivity index is 1.47. The fourth-order valence-corrected chi connectivity index (χ4v) is 7.52. The molecule has 2 aliphatic carbocycles. The Morgan fingerprint density at radius 2 is 1.40 bits per heavy atom. The molecule has 0 spiro atoms. The van der Waals surface area contributed by atoms with E-state index in [1.165, 1.54) is 0 Å². The summed E-state index contributed by atoms with van der Waals surface area (Å²) < 4.78 is 2.32. The van der Waals surface area contributed by atoms with E-state index in [9.17, 15) is 19.2 Å². The molecule has 2 saturated heterocycles. The van der Waals surface area contributed by atoms with E-state index in [2.05, 4.69) is 34.0 Å². The van der Waals surface area contributed by atoms with Crippen molar-refractivity contribution in [3.8, 4) is 0 Å². The molecule has 1 aromatic rings. The number of hydrogen-bond acceptors (Lipinski definition) is 5. The number of rotatable bonds is 14. The Hall–Kier alpha value is -3.81. The molecule has 8 nitrogen and oxygen atoms in total. The quantitative estimate of drug-likeness (QED) is 0.0726. The van der Waals surface area contributed by atoms with Crippen molar-refractivity contribution in [2.45, 2.75) is 124 Å². The monoisotopic (exact) mass is 655 g/mol. The van der Waals surface area contributed by atoms with E-state index >= 15 is 0 Å². The van der Waals surface area contributed by atoms with Gasteiger partial charge in [0.1, 0.15) is 19.0 Å². The molecular formula is C40H55N4O4+. The third-order valence-electron chi connectivity index (χ3n) is 10.3. The summed E-state index contributed by atoms with van der Waals surface area (Å²) in [7, 11) is 0. The Labute approximate surface area is 286 Å². The lowest BCUT2D eigenvalue weighted by Gasteiger charge is -2.32. The summed E-state index contributed by atoms with van der Waals surface area (Å²) in [5.74, 6) is -1.71. The molecule has 0 atom stereocenters. The van der Waals surface area contributed by atoms with Gasteiger partial charge in [0.25, 0.3) is 0 Å². The number of unbranched alkanes of at least 4 members (excludes halogenated alkanes) is 6. The number of aryl methyl sites for hydroxylation is 1. The number of ketones is 2. The number of allylic oxidation sites excluding steroid dienone is 4. The summed E-state index contributed by atoms with van der Waals surface area (Å²) in [5, 5.41) is 6.18. The molecule has 4 aliphatic rings. The number of Topliss-reactive ketones (excluding diaryl/α,β-unsaturated/α-hetero) is 2. The lowest BCUT2D eigenvalue weighted by atomic mass is 9.69. The van der Waals surface area contributed by atoms with Crippen LogP contribution >= 0.6 is 0 Å². The minimum atomic E-state index is -0.988. The highest BCUT2D eigenvalue weighted by molar-refractivity contribution is 6.43. The number of nitrogens with one attached hydrogen (secondary N) is 2. The van der Waals surface area contributed by atoms with Gasteiger partial charge in [-0.2, -0.15) is 0 Å². The molecule has 2 amide bonds. The third-order valence-corrected chi connectivity index (χ3v) is 10.3. The summed E-state index contributed by atoms with van der Waals surface area (Å²) in [4.78, 5) is 56.8. The van der Waals surface area contributed by atoms with Crippen LogP contribution in [0.1, 0.15) is 128 Å². The maximum absolute atomic E-state index is 14.1. The predicted molar refractivity (Wildman–Crippen MR) is 193 cm³/mol. The zero-order valence-electron chi connectivity index (χ0n) is 29.6. The van der Waals surface area contributed by atoms with Gasteiger partial charge >= 0.3 is 0 Å². The van der Waals surface area contributed by atoms with Crippen molar-refractivity contribution in [2.24, 2.45) is 0 Å². The van der Waals surface area contributed by atoms with Gasteiger partial charge in [-0.15, -0.1) is 0 Å². The van der Waals surface area contributed by atoms with Gasteiger partial charge in [0.05, 0.1) is 11.3 Å². The minimum Gasteiger partial charge on any atom is -0.371 e. The van der Waals surface area contributed by atoms with Gasteiger partial charge in [0.15, 0.2) is 11.6 Å². The number of anilines is 2. The van der Waals surface area contributed by atoms with Crippen LogP contribution in [-0.4, -0.2) is 59.8 Å². The number of carbonyl (C=O) groups is 4. The van der Waals surface area contributed by atoms with Gasteiger partial charge < -0.3 is 15.5 Å². The number of benzene rings is 1. The number of hydrogen-bond donors (Lipinski definition) is 2. The molecule has 48 heavy (non-hydrogen) atoms. The zero-order chi connectivity index (χ0) is 34.2. The van der Waals surface area contributed by atoms with E-state index < -0.39 is 5.92 Å². The van der Waals surface area contributed by atoms with Gasteiger partial charge in [-0.25, -0.2) is 4.58 Å². The molecule has 1 aromatic carbocycles. The Kier molecular flexibility index (Phi) is 12.2. The minimum absolute atomic E-state index is 0.0935. The first kappa shape index (κ1) is 35.5. The predicted octanol–water partition coefficient (Wildman–Crippen LogP) is 7.21. The second-order valence-electron chi connectivity index (χ2n) is 14.1. The second-order valence-corrected chi connectivity index (χ2v) is 14.1. The van der Waals surface area contributed by atoms with Crippen molar-refractivity contribution in [3.05, 3.63) is 57.8 Å². The van der Waals surface area contributed by atoms with Crippen LogP contribution in [0.5, 0.6) is 0 Å². The van der Waals surface area contributed by atoms with E-state index in [-0.39, 0.29) is 29.0 Å². The summed E-state index contributed by atoms with van der Waals surface area (Å²) in [6.07, 6.45) is 17.1. The highest BCUT2D eigenvalue weighted by Crippen LogP contribution is 2.44. The second kappa shape index (κ2) is 16.5. The van der Waals surface area contributed by atoms with Crippen molar-refractivity contribution in [3.63, 3.8) is 0 Å². The van der Waals surface area contributed by atoms with Crippen molar-refractivity contribution >= 4 is 40.5 Å². The molecule has 0 radical (unpaired) electrons. The molecule has 3 fully saturated rings. The maximum Gasteiger partial charge on any atom is 0.224 e. The van der Waals surface area contributed by atoms with Crippen molar-refractivity contribution < 1.29 is 23.8 Å². The van der Waals surface area contributed by atoms with Crippen molar-refractivity contribution in [1.82, 2.24) is 5.32 Å². The summed E-state index contributed by atoms with van der Waals surface area (Å²) in [6.45, 7) is 12.1. The zero-order valence-corrected chi connectivity index (χ0v) is 29.6. The summed E-state index contributed by atoms with van der Waals surface area (Å²) in [6, 6.07) is 3.90. The molecule has 0 unspecified atom stereocenters. The summed E-state index contributed by atoms with van der Waals surface area (Å²) in [5.41, 5.74) is 6.31. The van der Waals surface area contributed by atoms with E-state index in [4.69, 9.17) is 0 Å². The number of amides is 2. The molecule has 2 aliphatic heterocycles. The van der Waals surface area contributed by atoms with Gasteiger partial charge in [-0.3, -0.25) is 19.2 Å². The number of carbonyl (C=O) groups excluding carboxylic acids is 4. The average molecular weight is 656 g/mol. The van der Waals surface area contributed by atoms with E-state index in [0.717, 1.165) is 126 Å². The highest BCUT2D eigenvalue weighted by atomic mass is 16.2. The fourth-order valence-electron chi connectivity index (χ4n) is 7.52. The van der Waals surface area contributed by atoms with Gasteiger partial charge in [-0.1, -0.05) is 58.4 Å². The largest absolute Gasteiger partial charge is 0.371 e. The molecule has 2 heterocycles. The van der Waals surface area contributed by atoms with Crippen molar-refractivity contribution in [2.75, 3.05) is 36.4 Å². The van der Waals surface area contributed by atoms with Crippen LogP contribution < -0.4 is 15.5 Å². The first-order valence-corrected chi connectivity index (χ1v) is 18.6. The SMILES string of the molecule is CCCCCCC(=O)NC1=CC(=[N+]2CCCC2)C(C)=CC1=C1C(=O)C(c2cc(C)c(N3CCCC3)cc2NC(=O)CCCCCC)C1=O. The van der Waals surface area contributed by atoms with Crippen LogP contribution in [0.2, 0.25) is 0 Å². The lowest BCUT2D eigenvalue weighted by Crippen LogP contribution is -2.42. The standard InChI is InChI=1S/C40H54N4O4/c1-5-7-9-11-17-35(45)41-31-25-33(43-19-13-14-20-43)27(3)23-29(31)37-39(47)38(40(37)48)30-24-28(4)34(44-21-15-16-22-44)26-32(30)42-36(46)18-12-10-8-6-2/h23-26,37H,5-22H2,1-4H3,(H,41,45)/p+1. The lowest BCUT2D eigenvalue weighted by molar-refractivity contribution is -0.504. The Morgan fingerprint density at radius 3 is 2.00 bits per heavy atom. The smallest absolute Gasteiger partial charge is 0.224 e. The molecule has 0 bridgehead atoms. The number of nitrogens with zero attached hydrogens (tertiary/aromatic N) is 2. The summed E-state index contributed by atoms with van der Waals surface area (Å²) >= 11 is 0. The molecule has 258 valence electrons. The van der Waals surface area contributed by atoms with Crippen LogP contribution in [0.3, 0.4) is 0 Å². The highest BCUT2D eigenvalue weighted by Gasteiger charge is 2.49. The first-order valence-electron chi connectivity index (χ1n) is 18.6. The molecule has 2 N–H and O–H groups in total. The van der Waals surface area contributed by atoms with Gasteiger partial charge in [0.2, 0.25) is 17.5 Å². The van der Waals surface area contributed by atoms with Gasteiger partial charge in [0, 0.05) is 67.4 Å². The Bertz CT molecular complexity index is 1530. The maximum atomic E-state index is 14.1. The normalized spacial score (nSPS) is 19.5.